The number of guanidine groups is 1. The quantitative estimate of drug-likeness (QED) is 0.292. The van der Waals surface area contributed by atoms with Gasteiger partial charge in [0.05, 0.1) is 19.8 Å². The van der Waals surface area contributed by atoms with Crippen molar-refractivity contribution in [2.75, 3.05) is 53.1 Å². The molecule has 2 N–H and O–H groups in total. The third-order valence-electron chi connectivity index (χ3n) is 5.50. The molecule has 1 aromatic carbocycles. The highest BCUT2D eigenvalue weighted by Crippen LogP contribution is 2.14. The molecule has 0 saturated carbocycles. The van der Waals surface area contributed by atoms with E-state index in [2.05, 4.69) is 61.5 Å². The summed E-state index contributed by atoms with van der Waals surface area (Å²) in [5.74, 6) is 1.81. The van der Waals surface area contributed by atoms with Gasteiger partial charge in [0, 0.05) is 59.4 Å². The van der Waals surface area contributed by atoms with E-state index >= 15 is 0 Å². The molecule has 1 aliphatic rings. The molecule has 9 nitrogen and oxygen atoms in total. The normalized spacial score (nSPS) is 15.1. The first-order valence-corrected chi connectivity index (χ1v) is 11.5. The molecule has 32 heavy (non-hydrogen) atoms. The van der Waals surface area contributed by atoms with Crippen LogP contribution in [0, 0.1) is 0 Å². The van der Waals surface area contributed by atoms with Crippen LogP contribution in [0.2, 0.25) is 0 Å². The number of benzene rings is 1. The Balaban J connectivity index is 1.60. The van der Waals surface area contributed by atoms with Crippen LogP contribution in [-0.4, -0.2) is 78.7 Å². The van der Waals surface area contributed by atoms with Crippen molar-refractivity contribution in [1.82, 2.24) is 30.3 Å². The fourth-order valence-corrected chi connectivity index (χ4v) is 3.66. The Hall–Kier alpha value is -2.49. The van der Waals surface area contributed by atoms with Crippen LogP contribution in [0.1, 0.15) is 30.3 Å². The highest BCUT2D eigenvalue weighted by atomic mass is 16.5. The minimum Gasteiger partial charge on any atom is -0.385 e. The van der Waals surface area contributed by atoms with Gasteiger partial charge in [0.25, 0.3) is 0 Å². The molecule has 2 heterocycles. The van der Waals surface area contributed by atoms with Crippen molar-refractivity contribution >= 4 is 5.96 Å². The fourth-order valence-electron chi connectivity index (χ4n) is 3.66. The molecule has 1 aliphatic heterocycles. The van der Waals surface area contributed by atoms with Crippen LogP contribution < -0.4 is 10.6 Å². The largest absolute Gasteiger partial charge is 0.385 e. The lowest BCUT2D eigenvalue weighted by molar-refractivity contribution is 0.0341. The van der Waals surface area contributed by atoms with Gasteiger partial charge in [-0.1, -0.05) is 31.2 Å². The van der Waals surface area contributed by atoms with Gasteiger partial charge in [-0.15, -0.1) is 10.2 Å². The van der Waals surface area contributed by atoms with E-state index in [-0.39, 0.29) is 0 Å². The van der Waals surface area contributed by atoms with Crippen LogP contribution in [0.25, 0.3) is 0 Å². The molecule has 1 saturated heterocycles. The van der Waals surface area contributed by atoms with Crippen molar-refractivity contribution in [1.29, 1.82) is 0 Å². The number of nitrogens with one attached hydrogen (secondary N) is 2. The summed E-state index contributed by atoms with van der Waals surface area (Å²) in [6.07, 6.45) is 3.58. The van der Waals surface area contributed by atoms with Crippen LogP contribution >= 0.6 is 0 Å². The predicted molar refractivity (Wildman–Crippen MR) is 126 cm³/mol. The zero-order chi connectivity index (χ0) is 22.4. The zero-order valence-electron chi connectivity index (χ0n) is 19.4. The van der Waals surface area contributed by atoms with Crippen LogP contribution in [0.3, 0.4) is 0 Å². The summed E-state index contributed by atoms with van der Waals surface area (Å²) in [6.45, 7) is 10.3. The second kappa shape index (κ2) is 13.8. The number of hydrogen-bond donors (Lipinski definition) is 2. The van der Waals surface area contributed by atoms with Crippen molar-refractivity contribution in [2.24, 2.45) is 4.99 Å². The Labute approximate surface area is 191 Å². The second-order valence-corrected chi connectivity index (χ2v) is 7.82. The van der Waals surface area contributed by atoms with E-state index in [0.29, 0.717) is 6.54 Å². The van der Waals surface area contributed by atoms with E-state index in [9.17, 15) is 0 Å². The summed E-state index contributed by atoms with van der Waals surface area (Å²) in [4.78, 5) is 7.32. The minimum absolute atomic E-state index is 0.632. The minimum atomic E-state index is 0.632. The maximum absolute atomic E-state index is 5.48. The Morgan fingerprint density at radius 1 is 1.16 bits per heavy atom. The molecule has 1 aromatic heterocycles. The van der Waals surface area contributed by atoms with Crippen molar-refractivity contribution in [2.45, 2.75) is 39.4 Å². The summed E-state index contributed by atoms with van der Waals surface area (Å²) in [5.41, 5.74) is 2.58. The highest BCUT2D eigenvalue weighted by Gasteiger charge is 2.12. The fraction of sp³-hybridized carbons (Fsp3) is 0.609. The van der Waals surface area contributed by atoms with Gasteiger partial charge in [0.15, 0.2) is 5.96 Å². The third kappa shape index (κ3) is 7.89. The maximum Gasteiger partial charge on any atom is 0.191 e. The summed E-state index contributed by atoms with van der Waals surface area (Å²) in [7, 11) is 1.73. The van der Waals surface area contributed by atoms with Gasteiger partial charge < -0.3 is 24.7 Å². The van der Waals surface area contributed by atoms with Crippen LogP contribution in [-0.2, 0) is 35.5 Å². The predicted octanol–water partition coefficient (Wildman–Crippen LogP) is 1.44. The van der Waals surface area contributed by atoms with Crippen molar-refractivity contribution in [3.63, 3.8) is 0 Å². The number of aromatic nitrogens is 3. The number of rotatable bonds is 12. The van der Waals surface area contributed by atoms with Gasteiger partial charge in [-0.05, 0) is 17.5 Å². The van der Waals surface area contributed by atoms with E-state index in [4.69, 9.17) is 14.5 Å². The summed E-state index contributed by atoms with van der Waals surface area (Å²) < 4.78 is 12.7. The molecule has 3 rings (SSSR count). The van der Waals surface area contributed by atoms with Gasteiger partial charge in [-0.2, -0.15) is 0 Å². The number of morpholine rings is 1. The second-order valence-electron chi connectivity index (χ2n) is 7.82. The first kappa shape index (κ1) is 24.2. The molecule has 0 spiro atoms. The standard InChI is InChI=1S/C23H37N7O2/c1-3-22-28-27-19-30(22)11-10-25-23(24-9-6-14-31-2)26-17-20-7-4-5-8-21(20)18-29-12-15-32-16-13-29/h4-5,7-8,19H,3,6,9-18H2,1-2H3,(H2,24,25,26). The number of methoxy groups -OCH3 is 1. The monoisotopic (exact) mass is 443 g/mol. The molecule has 0 aliphatic carbocycles. The van der Waals surface area contributed by atoms with E-state index < -0.39 is 0 Å². The van der Waals surface area contributed by atoms with Gasteiger partial charge in [-0.3, -0.25) is 4.90 Å². The maximum atomic E-state index is 5.48. The molecule has 1 fully saturated rings. The lowest BCUT2D eigenvalue weighted by Gasteiger charge is -2.27. The molecular weight excluding hydrogens is 406 g/mol. The topological polar surface area (TPSA) is 88.8 Å². The lowest BCUT2D eigenvalue weighted by atomic mass is 10.1. The zero-order valence-corrected chi connectivity index (χ0v) is 19.4. The number of hydrogen-bond acceptors (Lipinski definition) is 6. The highest BCUT2D eigenvalue weighted by molar-refractivity contribution is 5.79. The molecule has 0 atom stereocenters. The first-order valence-electron chi connectivity index (χ1n) is 11.5. The van der Waals surface area contributed by atoms with E-state index in [1.807, 2.05) is 0 Å². The molecule has 0 bridgehead atoms. The number of nitrogens with zero attached hydrogens (tertiary/aromatic N) is 5. The average Bonchev–Trinajstić information content (AvgIpc) is 3.29. The molecule has 9 heteroatoms. The number of ether oxygens (including phenoxy) is 2. The van der Waals surface area contributed by atoms with E-state index in [1.165, 1.54) is 11.1 Å². The SMILES string of the molecule is CCc1nncn1CCNC(=NCc1ccccc1CN1CCOCC1)NCCCOC. The Morgan fingerprint density at radius 3 is 2.72 bits per heavy atom. The van der Waals surface area contributed by atoms with Crippen LogP contribution in [0.5, 0.6) is 0 Å². The Kier molecular flexibility index (Phi) is 10.4. The molecule has 0 unspecified atom stereocenters. The van der Waals surface area contributed by atoms with Crippen molar-refractivity contribution in [3.05, 3.63) is 47.5 Å². The van der Waals surface area contributed by atoms with E-state index in [1.54, 1.807) is 13.4 Å². The smallest absolute Gasteiger partial charge is 0.191 e. The van der Waals surface area contributed by atoms with Crippen molar-refractivity contribution in [3.8, 4) is 0 Å². The Morgan fingerprint density at radius 2 is 1.94 bits per heavy atom. The summed E-state index contributed by atoms with van der Waals surface area (Å²) in [6, 6.07) is 8.57. The number of aliphatic imine (C=N–C) groups is 1. The van der Waals surface area contributed by atoms with Gasteiger partial charge in [0.2, 0.25) is 0 Å². The van der Waals surface area contributed by atoms with Gasteiger partial charge in [0.1, 0.15) is 12.2 Å². The van der Waals surface area contributed by atoms with Crippen LogP contribution in [0.15, 0.2) is 35.6 Å². The molecule has 176 valence electrons. The summed E-state index contributed by atoms with van der Waals surface area (Å²) in [5, 5.41) is 15.0. The molecular formula is C23H37N7O2. The van der Waals surface area contributed by atoms with E-state index in [0.717, 1.165) is 83.7 Å². The average molecular weight is 444 g/mol. The summed E-state index contributed by atoms with van der Waals surface area (Å²) >= 11 is 0. The molecule has 0 radical (unpaired) electrons. The Bertz CT molecular complexity index is 818. The van der Waals surface area contributed by atoms with Gasteiger partial charge >= 0.3 is 0 Å². The van der Waals surface area contributed by atoms with Gasteiger partial charge in [-0.25, -0.2) is 4.99 Å². The van der Waals surface area contributed by atoms with Crippen LogP contribution in [0.4, 0.5) is 0 Å². The third-order valence-corrected chi connectivity index (χ3v) is 5.50. The lowest BCUT2D eigenvalue weighted by Crippen LogP contribution is -2.39. The van der Waals surface area contributed by atoms with Crippen molar-refractivity contribution < 1.29 is 9.47 Å². The number of aryl methyl sites for hydroxylation is 1. The molecule has 0 amide bonds. The molecule has 2 aromatic rings. The first-order chi connectivity index (χ1) is 15.8.